The summed E-state index contributed by atoms with van der Waals surface area (Å²) < 4.78 is 28.4. The molecule has 1 heterocycles. The zero-order valence-electron chi connectivity index (χ0n) is 19.0. The van der Waals surface area contributed by atoms with Crippen LogP contribution in [0.1, 0.15) is 23.1 Å². The van der Waals surface area contributed by atoms with E-state index in [1.807, 2.05) is 78.9 Å². The highest BCUT2D eigenvalue weighted by molar-refractivity contribution is 5.85. The van der Waals surface area contributed by atoms with E-state index in [1.165, 1.54) is 7.11 Å². The van der Waals surface area contributed by atoms with Crippen LogP contribution in [-0.4, -0.2) is 46.1 Å². The van der Waals surface area contributed by atoms with Crippen LogP contribution in [0.25, 0.3) is 0 Å². The molecule has 0 bridgehead atoms. The molecular formula is C27H28O6. The molecule has 1 unspecified atom stereocenters. The van der Waals surface area contributed by atoms with Gasteiger partial charge in [0, 0.05) is 7.11 Å². The molecule has 2 atom stereocenters. The van der Waals surface area contributed by atoms with Gasteiger partial charge in [-0.15, -0.1) is 0 Å². The fraction of sp³-hybridized carbons (Fsp3) is 0.296. The molecule has 0 radical (unpaired) electrons. The van der Waals surface area contributed by atoms with E-state index in [0.29, 0.717) is 0 Å². The molecule has 1 fully saturated rings. The average Bonchev–Trinajstić information content (AvgIpc) is 3.25. The first-order chi connectivity index (χ1) is 16.1. The molecule has 33 heavy (non-hydrogen) atoms. The molecule has 0 aliphatic carbocycles. The minimum absolute atomic E-state index is 0.0340. The van der Waals surface area contributed by atoms with Crippen molar-refractivity contribution < 1.29 is 28.5 Å². The van der Waals surface area contributed by atoms with Crippen LogP contribution in [0, 0.1) is 0 Å². The maximum atomic E-state index is 12.5. The fourth-order valence-electron chi connectivity index (χ4n) is 4.15. The maximum absolute atomic E-state index is 12.5. The van der Waals surface area contributed by atoms with E-state index >= 15 is 0 Å². The molecule has 3 aromatic carbocycles. The molecule has 0 saturated carbocycles. The number of ketones is 1. The normalized spacial score (nSPS) is 18.3. The summed E-state index contributed by atoms with van der Waals surface area (Å²) in [5.74, 6) is 1.45. The Bertz CT molecular complexity index is 999. The molecule has 172 valence electrons. The third-order valence-electron chi connectivity index (χ3n) is 5.93. The third-order valence-corrected chi connectivity index (χ3v) is 5.93. The quantitative estimate of drug-likeness (QED) is 0.454. The molecule has 3 aromatic rings. The van der Waals surface area contributed by atoms with Crippen LogP contribution < -0.4 is 9.47 Å². The lowest BCUT2D eigenvalue weighted by Crippen LogP contribution is -2.37. The number of carbonyl (C=O) groups excluding carboxylic acids is 1. The molecule has 1 saturated heterocycles. The van der Waals surface area contributed by atoms with Crippen molar-refractivity contribution in [3.63, 3.8) is 0 Å². The third kappa shape index (κ3) is 4.64. The molecular weight excluding hydrogens is 420 g/mol. The van der Waals surface area contributed by atoms with Gasteiger partial charge in [0.15, 0.2) is 12.1 Å². The summed E-state index contributed by atoms with van der Waals surface area (Å²) >= 11 is 0. The van der Waals surface area contributed by atoms with E-state index in [-0.39, 0.29) is 18.8 Å². The molecule has 0 N–H and O–H groups in total. The van der Waals surface area contributed by atoms with Gasteiger partial charge < -0.3 is 23.7 Å². The Kier molecular flexibility index (Phi) is 7.08. The number of carbonyl (C=O) groups is 1. The van der Waals surface area contributed by atoms with Gasteiger partial charge in [-0.3, -0.25) is 4.79 Å². The molecule has 0 amide bonds. The van der Waals surface area contributed by atoms with Crippen LogP contribution in [0.15, 0.2) is 78.9 Å². The van der Waals surface area contributed by atoms with Crippen molar-refractivity contribution in [2.75, 3.05) is 27.9 Å². The molecule has 4 rings (SSSR count). The van der Waals surface area contributed by atoms with Crippen molar-refractivity contribution in [2.24, 2.45) is 0 Å². The SMILES string of the molecule is COc1ccc(C(OC[C@H]2OC(OC)CC2=O)(c2ccccc2)c2ccc(OC)cc2)cc1. The minimum atomic E-state index is -0.991. The summed E-state index contributed by atoms with van der Waals surface area (Å²) in [4.78, 5) is 12.5. The van der Waals surface area contributed by atoms with Crippen LogP contribution in [-0.2, 0) is 24.6 Å². The first-order valence-corrected chi connectivity index (χ1v) is 10.8. The van der Waals surface area contributed by atoms with Crippen LogP contribution in [0.2, 0.25) is 0 Å². The van der Waals surface area contributed by atoms with Crippen molar-refractivity contribution in [1.82, 2.24) is 0 Å². The lowest BCUT2D eigenvalue weighted by Gasteiger charge is -2.36. The topological polar surface area (TPSA) is 63.2 Å². The molecule has 1 aliphatic heterocycles. The number of ether oxygens (including phenoxy) is 5. The number of methoxy groups -OCH3 is 3. The van der Waals surface area contributed by atoms with E-state index in [9.17, 15) is 4.79 Å². The fourth-order valence-corrected chi connectivity index (χ4v) is 4.15. The van der Waals surface area contributed by atoms with Gasteiger partial charge in [0.1, 0.15) is 23.2 Å². The lowest BCUT2D eigenvalue weighted by atomic mass is 9.80. The molecule has 0 spiro atoms. The summed E-state index contributed by atoms with van der Waals surface area (Å²) in [5.41, 5.74) is 1.73. The van der Waals surface area contributed by atoms with Gasteiger partial charge in [-0.05, 0) is 41.0 Å². The highest BCUT2D eigenvalue weighted by Crippen LogP contribution is 2.42. The summed E-state index contributed by atoms with van der Waals surface area (Å²) in [6.07, 6.45) is -1.03. The number of Topliss-reactive ketones (excluding diaryl/α,β-unsaturated/α-hetero) is 1. The van der Waals surface area contributed by atoms with Crippen molar-refractivity contribution in [3.8, 4) is 11.5 Å². The van der Waals surface area contributed by atoms with Crippen LogP contribution in [0.5, 0.6) is 11.5 Å². The predicted octanol–water partition coefficient (Wildman–Crippen LogP) is 4.34. The highest BCUT2D eigenvalue weighted by Gasteiger charge is 2.41. The lowest BCUT2D eigenvalue weighted by molar-refractivity contribution is -0.146. The number of benzene rings is 3. The first-order valence-electron chi connectivity index (χ1n) is 10.8. The second-order valence-corrected chi connectivity index (χ2v) is 7.78. The Morgan fingerprint density at radius 1 is 0.788 bits per heavy atom. The van der Waals surface area contributed by atoms with Crippen molar-refractivity contribution in [2.45, 2.75) is 24.4 Å². The predicted molar refractivity (Wildman–Crippen MR) is 124 cm³/mol. The van der Waals surface area contributed by atoms with Gasteiger partial charge >= 0.3 is 0 Å². The van der Waals surface area contributed by atoms with E-state index in [2.05, 4.69) is 0 Å². The smallest absolute Gasteiger partial charge is 0.169 e. The largest absolute Gasteiger partial charge is 0.497 e. The van der Waals surface area contributed by atoms with Gasteiger partial charge in [0.25, 0.3) is 0 Å². The van der Waals surface area contributed by atoms with E-state index in [0.717, 1.165) is 28.2 Å². The molecule has 0 aromatic heterocycles. The minimum Gasteiger partial charge on any atom is -0.497 e. The number of rotatable bonds is 9. The van der Waals surface area contributed by atoms with Crippen LogP contribution in [0.3, 0.4) is 0 Å². The van der Waals surface area contributed by atoms with Crippen molar-refractivity contribution in [3.05, 3.63) is 95.6 Å². The van der Waals surface area contributed by atoms with Gasteiger partial charge in [-0.1, -0.05) is 54.6 Å². The number of hydrogen-bond donors (Lipinski definition) is 0. The first kappa shape index (κ1) is 23.0. The maximum Gasteiger partial charge on any atom is 0.169 e. The molecule has 1 aliphatic rings. The van der Waals surface area contributed by atoms with Gasteiger partial charge in [0.05, 0.1) is 27.2 Å². The highest BCUT2D eigenvalue weighted by atomic mass is 16.7. The van der Waals surface area contributed by atoms with Crippen LogP contribution in [0.4, 0.5) is 0 Å². The standard InChI is InChI=1S/C27H28O6/c1-29-22-13-9-20(10-14-22)27(19-7-5-4-6-8-19,21-11-15-23(30-2)16-12-21)32-18-25-24(28)17-26(31-3)33-25/h4-16,25-26H,17-18H2,1-3H3/t25-,26?/m1/s1. The second kappa shape index (κ2) is 10.2. The second-order valence-electron chi connectivity index (χ2n) is 7.78. The Morgan fingerprint density at radius 3 is 1.76 bits per heavy atom. The van der Waals surface area contributed by atoms with Gasteiger partial charge in [-0.2, -0.15) is 0 Å². The zero-order valence-corrected chi connectivity index (χ0v) is 19.0. The van der Waals surface area contributed by atoms with Gasteiger partial charge in [0.2, 0.25) is 0 Å². The molecule has 6 nitrogen and oxygen atoms in total. The van der Waals surface area contributed by atoms with E-state index in [4.69, 9.17) is 23.7 Å². The van der Waals surface area contributed by atoms with Gasteiger partial charge in [-0.25, -0.2) is 0 Å². The average molecular weight is 449 g/mol. The molecule has 6 heteroatoms. The summed E-state index contributed by atoms with van der Waals surface area (Å²) in [6.45, 7) is 0.0750. The number of hydrogen-bond acceptors (Lipinski definition) is 6. The Balaban J connectivity index is 1.82. The van der Waals surface area contributed by atoms with E-state index in [1.54, 1.807) is 14.2 Å². The van der Waals surface area contributed by atoms with Crippen molar-refractivity contribution in [1.29, 1.82) is 0 Å². The Hall–Kier alpha value is -3.19. The van der Waals surface area contributed by atoms with Crippen LogP contribution >= 0.6 is 0 Å². The summed E-state index contributed by atoms with van der Waals surface area (Å²) in [6, 6.07) is 25.5. The summed E-state index contributed by atoms with van der Waals surface area (Å²) in [5, 5.41) is 0. The Morgan fingerprint density at radius 2 is 1.30 bits per heavy atom. The van der Waals surface area contributed by atoms with Crippen molar-refractivity contribution >= 4 is 5.78 Å². The summed E-state index contributed by atoms with van der Waals surface area (Å²) in [7, 11) is 4.80. The van der Waals surface area contributed by atoms with E-state index < -0.39 is 18.0 Å². The zero-order chi connectivity index (χ0) is 23.3. The monoisotopic (exact) mass is 448 g/mol. The Labute approximate surface area is 194 Å².